The lowest BCUT2D eigenvalue weighted by atomic mass is 10.1. The second-order valence-electron chi connectivity index (χ2n) is 6.61. The molecule has 0 saturated heterocycles. The number of nitrogens with zero attached hydrogens (tertiary/aromatic N) is 5. The summed E-state index contributed by atoms with van der Waals surface area (Å²) < 4.78 is 3.15. The lowest BCUT2D eigenvalue weighted by Gasteiger charge is -2.08. The first kappa shape index (κ1) is 17.8. The van der Waals surface area contributed by atoms with Crippen molar-refractivity contribution in [1.82, 2.24) is 24.4 Å². The van der Waals surface area contributed by atoms with Gasteiger partial charge in [-0.25, -0.2) is 4.52 Å². The van der Waals surface area contributed by atoms with Crippen molar-refractivity contribution in [3.63, 3.8) is 0 Å². The highest BCUT2D eigenvalue weighted by molar-refractivity contribution is 6.31. The second-order valence-corrected chi connectivity index (χ2v) is 7.48. The van der Waals surface area contributed by atoms with Gasteiger partial charge in [0.15, 0.2) is 11.2 Å². The maximum atomic E-state index is 13.0. The first-order valence-corrected chi connectivity index (χ1v) is 9.58. The zero-order valence-electron chi connectivity index (χ0n) is 15.2. The Balaban J connectivity index is 1.76. The van der Waals surface area contributed by atoms with E-state index >= 15 is 0 Å². The Labute approximate surface area is 175 Å². The molecule has 0 spiro atoms. The molecule has 142 valence electrons. The van der Waals surface area contributed by atoms with Gasteiger partial charge in [0.1, 0.15) is 5.52 Å². The predicted molar refractivity (Wildman–Crippen MR) is 114 cm³/mol. The molecule has 0 bridgehead atoms. The fourth-order valence-electron chi connectivity index (χ4n) is 3.44. The van der Waals surface area contributed by atoms with Gasteiger partial charge in [-0.2, -0.15) is 5.10 Å². The Morgan fingerprint density at radius 1 is 0.931 bits per heavy atom. The highest BCUT2D eigenvalue weighted by Crippen LogP contribution is 2.29. The molecule has 3 aromatic heterocycles. The van der Waals surface area contributed by atoms with E-state index in [1.807, 2.05) is 37.3 Å². The summed E-state index contributed by atoms with van der Waals surface area (Å²) in [5.41, 5.74) is 4.33. The number of aryl methyl sites for hydroxylation is 1. The standard InChI is InChI=1S/C21H13Cl2N5O/c1-12-18(13-5-7-14(22)8-6-13)20-25-24-19-17(28(20)26-12)9-10-27(21(19)29)16-4-2-3-15(23)11-16/h2-11H,1H3. The van der Waals surface area contributed by atoms with E-state index in [0.29, 0.717) is 26.9 Å². The number of hydrogen-bond donors (Lipinski definition) is 0. The summed E-state index contributed by atoms with van der Waals surface area (Å²) >= 11 is 12.1. The minimum Gasteiger partial charge on any atom is -0.282 e. The Kier molecular flexibility index (Phi) is 4.12. The maximum Gasteiger partial charge on any atom is 0.285 e. The van der Waals surface area contributed by atoms with Crippen molar-refractivity contribution in [3.8, 4) is 16.8 Å². The number of halogens is 2. The van der Waals surface area contributed by atoms with Crippen LogP contribution in [0.15, 0.2) is 65.6 Å². The van der Waals surface area contributed by atoms with Gasteiger partial charge in [-0.1, -0.05) is 41.4 Å². The van der Waals surface area contributed by atoms with Crippen LogP contribution in [0, 0.1) is 6.92 Å². The van der Waals surface area contributed by atoms with Crippen LogP contribution in [0.1, 0.15) is 5.69 Å². The summed E-state index contributed by atoms with van der Waals surface area (Å²) in [6.07, 6.45) is 1.69. The zero-order valence-corrected chi connectivity index (χ0v) is 16.7. The normalized spacial score (nSPS) is 11.4. The molecule has 0 saturated carbocycles. The molecule has 2 aromatic carbocycles. The third-order valence-corrected chi connectivity index (χ3v) is 5.26. The Morgan fingerprint density at radius 2 is 1.72 bits per heavy atom. The highest BCUT2D eigenvalue weighted by atomic mass is 35.5. The Bertz CT molecular complexity index is 1450. The predicted octanol–water partition coefficient (Wildman–Crippen LogP) is 4.71. The van der Waals surface area contributed by atoms with Gasteiger partial charge in [-0.05, 0) is 48.9 Å². The molecule has 0 amide bonds. The quantitative estimate of drug-likeness (QED) is 0.413. The van der Waals surface area contributed by atoms with Crippen molar-refractivity contribution in [2.45, 2.75) is 6.92 Å². The van der Waals surface area contributed by atoms with E-state index < -0.39 is 0 Å². The molecule has 8 heteroatoms. The number of pyridine rings is 1. The summed E-state index contributed by atoms with van der Waals surface area (Å²) in [5, 5.41) is 14.4. The van der Waals surface area contributed by atoms with Crippen LogP contribution in [0.3, 0.4) is 0 Å². The van der Waals surface area contributed by atoms with Crippen molar-refractivity contribution in [1.29, 1.82) is 0 Å². The van der Waals surface area contributed by atoms with Gasteiger partial charge < -0.3 is 0 Å². The van der Waals surface area contributed by atoms with E-state index in [9.17, 15) is 4.79 Å². The van der Waals surface area contributed by atoms with E-state index in [-0.39, 0.29) is 11.1 Å². The van der Waals surface area contributed by atoms with Gasteiger partial charge in [-0.3, -0.25) is 9.36 Å². The van der Waals surface area contributed by atoms with Crippen molar-refractivity contribution < 1.29 is 0 Å². The molecular formula is C21H13Cl2N5O. The van der Waals surface area contributed by atoms with Crippen LogP contribution in [0.25, 0.3) is 33.5 Å². The van der Waals surface area contributed by atoms with E-state index in [1.165, 1.54) is 4.57 Å². The van der Waals surface area contributed by atoms with Crippen molar-refractivity contribution in [2.24, 2.45) is 0 Å². The Morgan fingerprint density at radius 3 is 2.48 bits per heavy atom. The van der Waals surface area contributed by atoms with Crippen LogP contribution in [0.4, 0.5) is 0 Å². The minimum atomic E-state index is -0.291. The van der Waals surface area contributed by atoms with E-state index in [2.05, 4.69) is 15.3 Å². The van der Waals surface area contributed by atoms with E-state index in [0.717, 1.165) is 16.8 Å². The monoisotopic (exact) mass is 421 g/mol. The van der Waals surface area contributed by atoms with Crippen molar-refractivity contribution >= 4 is 39.9 Å². The number of aromatic nitrogens is 5. The van der Waals surface area contributed by atoms with Gasteiger partial charge in [0.05, 0.1) is 16.9 Å². The molecule has 0 N–H and O–H groups in total. The van der Waals surface area contributed by atoms with Gasteiger partial charge in [0, 0.05) is 16.2 Å². The number of hydrogen-bond acceptors (Lipinski definition) is 4. The molecule has 0 radical (unpaired) electrons. The summed E-state index contributed by atoms with van der Waals surface area (Å²) in [6.45, 7) is 1.90. The van der Waals surface area contributed by atoms with Gasteiger partial charge >= 0.3 is 0 Å². The molecule has 0 fully saturated rings. The third kappa shape index (κ3) is 2.88. The van der Waals surface area contributed by atoms with Crippen LogP contribution in [0.5, 0.6) is 0 Å². The number of rotatable bonds is 2. The number of benzene rings is 2. The van der Waals surface area contributed by atoms with Gasteiger partial charge in [0.25, 0.3) is 5.56 Å². The molecule has 29 heavy (non-hydrogen) atoms. The summed E-state index contributed by atoms with van der Waals surface area (Å²) in [5.74, 6) is 0. The molecule has 5 rings (SSSR count). The molecule has 0 atom stereocenters. The molecule has 5 aromatic rings. The smallest absolute Gasteiger partial charge is 0.282 e. The number of fused-ring (bicyclic) bond motifs is 3. The molecule has 0 aliphatic heterocycles. The molecule has 0 aliphatic rings. The average Bonchev–Trinajstić information content (AvgIpc) is 3.05. The highest BCUT2D eigenvalue weighted by Gasteiger charge is 2.17. The third-order valence-electron chi connectivity index (χ3n) is 4.77. The summed E-state index contributed by atoms with van der Waals surface area (Å²) in [4.78, 5) is 13.0. The van der Waals surface area contributed by atoms with Gasteiger partial charge in [-0.15, -0.1) is 10.2 Å². The zero-order chi connectivity index (χ0) is 20.1. The second kappa shape index (κ2) is 6.69. The minimum absolute atomic E-state index is 0.227. The molecule has 6 nitrogen and oxygen atoms in total. The Hall–Kier alpha value is -3.22. The lowest BCUT2D eigenvalue weighted by molar-refractivity contribution is 0.905. The molecule has 0 unspecified atom stereocenters. The first-order chi connectivity index (χ1) is 14.0. The first-order valence-electron chi connectivity index (χ1n) is 8.82. The van der Waals surface area contributed by atoms with Gasteiger partial charge in [0.2, 0.25) is 0 Å². The van der Waals surface area contributed by atoms with Crippen LogP contribution in [-0.2, 0) is 0 Å². The van der Waals surface area contributed by atoms with Crippen molar-refractivity contribution in [2.75, 3.05) is 0 Å². The van der Waals surface area contributed by atoms with E-state index in [1.54, 1.807) is 35.0 Å². The SMILES string of the molecule is Cc1nn2c(nnc3c(=O)n(-c4cccc(Cl)c4)ccc32)c1-c1ccc(Cl)cc1. The molecule has 3 heterocycles. The van der Waals surface area contributed by atoms with Crippen LogP contribution < -0.4 is 5.56 Å². The largest absolute Gasteiger partial charge is 0.285 e. The lowest BCUT2D eigenvalue weighted by Crippen LogP contribution is -2.20. The molecular weight excluding hydrogens is 409 g/mol. The summed E-state index contributed by atoms with van der Waals surface area (Å²) in [6, 6.07) is 16.3. The van der Waals surface area contributed by atoms with Crippen LogP contribution >= 0.6 is 23.2 Å². The van der Waals surface area contributed by atoms with Crippen LogP contribution in [0.2, 0.25) is 10.0 Å². The van der Waals surface area contributed by atoms with E-state index in [4.69, 9.17) is 23.2 Å². The molecule has 0 aliphatic carbocycles. The fraction of sp³-hybridized carbons (Fsp3) is 0.0476. The topological polar surface area (TPSA) is 65.1 Å². The maximum absolute atomic E-state index is 13.0. The van der Waals surface area contributed by atoms with Crippen LogP contribution in [-0.4, -0.2) is 24.4 Å². The average molecular weight is 422 g/mol. The fourth-order valence-corrected chi connectivity index (χ4v) is 3.75. The summed E-state index contributed by atoms with van der Waals surface area (Å²) in [7, 11) is 0. The van der Waals surface area contributed by atoms with Crippen molar-refractivity contribution in [3.05, 3.63) is 86.9 Å².